The number of hydrogen-bond acceptors (Lipinski definition) is 3. The lowest BCUT2D eigenvalue weighted by atomic mass is 10.1. The van der Waals surface area contributed by atoms with Crippen LogP contribution >= 0.6 is 0 Å². The number of carbonyl (C=O) groups excluding carboxylic acids is 1. The van der Waals surface area contributed by atoms with Gasteiger partial charge in [-0.3, -0.25) is 9.59 Å². The zero-order valence-corrected chi connectivity index (χ0v) is 11.2. The Bertz CT molecular complexity index is 471. The first-order valence-electron chi connectivity index (χ1n) is 6.27. The molecule has 0 saturated carbocycles. The lowest BCUT2D eigenvalue weighted by Gasteiger charge is -2.23. The predicted molar refractivity (Wildman–Crippen MR) is 72.4 cm³/mol. The van der Waals surface area contributed by atoms with Gasteiger partial charge in [0.25, 0.3) is 0 Å². The van der Waals surface area contributed by atoms with Gasteiger partial charge in [-0.25, -0.2) is 0 Å². The van der Waals surface area contributed by atoms with E-state index in [9.17, 15) is 14.7 Å². The van der Waals surface area contributed by atoms with Crippen LogP contribution < -0.4 is 4.90 Å². The first-order chi connectivity index (χ1) is 8.95. The summed E-state index contributed by atoms with van der Waals surface area (Å²) in [5.41, 5.74) is 1.56. The molecule has 1 rings (SSSR count). The van der Waals surface area contributed by atoms with E-state index in [1.165, 1.54) is 0 Å². The third-order valence-corrected chi connectivity index (χ3v) is 2.88. The summed E-state index contributed by atoms with van der Waals surface area (Å²) in [6.07, 6.45) is 0.500. The van der Waals surface area contributed by atoms with Gasteiger partial charge in [-0.2, -0.15) is 0 Å². The van der Waals surface area contributed by atoms with Crippen LogP contribution in [0.3, 0.4) is 0 Å². The number of carbonyl (C=O) groups is 2. The Morgan fingerprint density at radius 1 is 1.26 bits per heavy atom. The van der Waals surface area contributed by atoms with Crippen LogP contribution in [-0.4, -0.2) is 28.6 Å². The number of carboxylic acid groups (broad SMARTS) is 1. The summed E-state index contributed by atoms with van der Waals surface area (Å²) >= 11 is 0. The number of benzene rings is 1. The molecule has 0 atom stereocenters. The summed E-state index contributed by atoms with van der Waals surface area (Å²) in [5, 5.41) is 18.1. The van der Waals surface area contributed by atoms with E-state index in [1.807, 2.05) is 13.8 Å². The van der Waals surface area contributed by atoms with Gasteiger partial charge < -0.3 is 15.1 Å². The normalized spacial score (nSPS) is 10.2. The number of rotatable bonds is 6. The smallest absolute Gasteiger partial charge is 0.303 e. The van der Waals surface area contributed by atoms with Crippen molar-refractivity contribution < 1.29 is 19.8 Å². The van der Waals surface area contributed by atoms with Crippen LogP contribution in [-0.2, 0) is 9.59 Å². The second-order valence-electron chi connectivity index (χ2n) is 4.36. The fourth-order valence-corrected chi connectivity index (χ4v) is 1.90. The second-order valence-corrected chi connectivity index (χ2v) is 4.36. The molecule has 1 aromatic rings. The van der Waals surface area contributed by atoms with E-state index in [0.717, 1.165) is 5.56 Å². The molecule has 0 aromatic heterocycles. The van der Waals surface area contributed by atoms with Gasteiger partial charge in [-0.1, -0.05) is 6.07 Å². The summed E-state index contributed by atoms with van der Waals surface area (Å²) in [5.74, 6) is -0.917. The molecule has 0 spiro atoms. The Balaban J connectivity index is 2.79. The van der Waals surface area contributed by atoms with Crippen molar-refractivity contribution in [1.82, 2.24) is 0 Å². The third-order valence-electron chi connectivity index (χ3n) is 2.88. The topological polar surface area (TPSA) is 77.8 Å². The van der Waals surface area contributed by atoms with Crippen LogP contribution in [0.15, 0.2) is 18.2 Å². The SMILES string of the molecule is CCN(C(=O)CCCC(=O)O)c1cc(O)ccc1C. The lowest BCUT2D eigenvalue weighted by Crippen LogP contribution is -2.31. The van der Waals surface area contributed by atoms with E-state index in [1.54, 1.807) is 23.1 Å². The molecule has 0 saturated heterocycles. The van der Waals surface area contributed by atoms with Crippen molar-refractivity contribution in [2.75, 3.05) is 11.4 Å². The number of aromatic hydroxyl groups is 1. The summed E-state index contributed by atoms with van der Waals surface area (Å²) in [7, 11) is 0. The Morgan fingerprint density at radius 2 is 1.95 bits per heavy atom. The van der Waals surface area contributed by atoms with Gasteiger partial charge in [0.15, 0.2) is 0 Å². The van der Waals surface area contributed by atoms with Crippen molar-refractivity contribution in [3.05, 3.63) is 23.8 Å². The van der Waals surface area contributed by atoms with E-state index in [0.29, 0.717) is 18.7 Å². The minimum atomic E-state index is -0.899. The molecule has 5 nitrogen and oxygen atoms in total. The highest BCUT2D eigenvalue weighted by molar-refractivity contribution is 5.94. The lowest BCUT2D eigenvalue weighted by molar-refractivity contribution is -0.137. The molecular formula is C14H19NO4. The molecule has 0 aliphatic heterocycles. The van der Waals surface area contributed by atoms with Gasteiger partial charge >= 0.3 is 5.97 Å². The van der Waals surface area contributed by atoms with Crippen molar-refractivity contribution in [2.24, 2.45) is 0 Å². The zero-order valence-electron chi connectivity index (χ0n) is 11.2. The number of hydrogen-bond donors (Lipinski definition) is 2. The average Bonchev–Trinajstić information content (AvgIpc) is 2.34. The number of anilines is 1. The van der Waals surface area contributed by atoms with Crippen LogP contribution in [0.1, 0.15) is 31.7 Å². The minimum Gasteiger partial charge on any atom is -0.508 e. The highest BCUT2D eigenvalue weighted by atomic mass is 16.4. The first kappa shape index (κ1) is 15.0. The van der Waals surface area contributed by atoms with Crippen LogP contribution in [0.5, 0.6) is 5.75 Å². The van der Waals surface area contributed by atoms with Crippen LogP contribution in [0, 0.1) is 6.92 Å². The number of phenolic OH excluding ortho intramolecular Hbond substituents is 1. The van der Waals surface area contributed by atoms with E-state index in [2.05, 4.69) is 0 Å². The Hall–Kier alpha value is -2.04. The molecule has 0 fully saturated rings. The summed E-state index contributed by atoms with van der Waals surface area (Å²) in [6, 6.07) is 4.87. The van der Waals surface area contributed by atoms with Gasteiger partial charge in [-0.15, -0.1) is 0 Å². The molecule has 0 radical (unpaired) electrons. The van der Waals surface area contributed by atoms with Crippen LogP contribution in [0.2, 0.25) is 0 Å². The predicted octanol–water partition coefficient (Wildman–Crippen LogP) is 2.31. The maximum Gasteiger partial charge on any atom is 0.303 e. The Labute approximate surface area is 112 Å². The van der Waals surface area contributed by atoms with Crippen molar-refractivity contribution >= 4 is 17.6 Å². The maximum atomic E-state index is 12.1. The molecule has 104 valence electrons. The average molecular weight is 265 g/mol. The molecule has 19 heavy (non-hydrogen) atoms. The number of nitrogens with zero attached hydrogens (tertiary/aromatic N) is 1. The Morgan fingerprint density at radius 3 is 2.53 bits per heavy atom. The summed E-state index contributed by atoms with van der Waals surface area (Å²) in [6.45, 7) is 4.19. The van der Waals surface area contributed by atoms with E-state index < -0.39 is 5.97 Å². The molecule has 0 unspecified atom stereocenters. The monoisotopic (exact) mass is 265 g/mol. The molecule has 0 aliphatic carbocycles. The highest BCUT2D eigenvalue weighted by Gasteiger charge is 2.16. The fraction of sp³-hybridized carbons (Fsp3) is 0.429. The zero-order chi connectivity index (χ0) is 14.4. The van der Waals surface area contributed by atoms with Crippen LogP contribution in [0.4, 0.5) is 5.69 Å². The van der Waals surface area contributed by atoms with E-state index in [-0.39, 0.29) is 24.5 Å². The fourth-order valence-electron chi connectivity index (χ4n) is 1.90. The molecule has 2 N–H and O–H groups in total. The molecule has 5 heteroatoms. The van der Waals surface area contributed by atoms with Gasteiger partial charge in [0.2, 0.25) is 5.91 Å². The summed E-state index contributed by atoms with van der Waals surface area (Å²) < 4.78 is 0. The molecule has 1 aromatic carbocycles. The summed E-state index contributed by atoms with van der Waals surface area (Å²) in [4.78, 5) is 24.1. The van der Waals surface area contributed by atoms with Gasteiger partial charge in [0, 0.05) is 25.5 Å². The third kappa shape index (κ3) is 4.28. The van der Waals surface area contributed by atoms with E-state index in [4.69, 9.17) is 5.11 Å². The highest BCUT2D eigenvalue weighted by Crippen LogP contribution is 2.25. The first-order valence-corrected chi connectivity index (χ1v) is 6.27. The number of carboxylic acids is 1. The molecule has 0 heterocycles. The van der Waals surface area contributed by atoms with Gasteiger partial charge in [0.1, 0.15) is 5.75 Å². The number of phenols is 1. The van der Waals surface area contributed by atoms with Crippen molar-refractivity contribution in [3.63, 3.8) is 0 Å². The largest absolute Gasteiger partial charge is 0.508 e. The molecule has 0 bridgehead atoms. The second kappa shape index (κ2) is 6.78. The molecule has 0 aliphatic rings. The van der Waals surface area contributed by atoms with E-state index >= 15 is 0 Å². The van der Waals surface area contributed by atoms with Gasteiger partial charge in [0.05, 0.1) is 5.69 Å². The standard InChI is InChI=1S/C14H19NO4/c1-3-15(13(17)5-4-6-14(18)19)12-9-11(16)8-7-10(12)2/h7-9,16H,3-6H2,1-2H3,(H,18,19). The quantitative estimate of drug-likeness (QED) is 0.827. The molecule has 1 amide bonds. The molecular weight excluding hydrogens is 246 g/mol. The van der Waals surface area contributed by atoms with Crippen LogP contribution in [0.25, 0.3) is 0 Å². The number of aliphatic carboxylic acids is 1. The number of amides is 1. The minimum absolute atomic E-state index is 0.0116. The van der Waals surface area contributed by atoms with Crippen molar-refractivity contribution in [3.8, 4) is 5.75 Å². The van der Waals surface area contributed by atoms with Gasteiger partial charge in [-0.05, 0) is 31.9 Å². The van der Waals surface area contributed by atoms with Crippen molar-refractivity contribution in [1.29, 1.82) is 0 Å². The number of aryl methyl sites for hydroxylation is 1. The Kier molecular flexibility index (Phi) is 5.36. The van der Waals surface area contributed by atoms with Crippen molar-refractivity contribution in [2.45, 2.75) is 33.1 Å². The maximum absolute atomic E-state index is 12.1.